The minimum atomic E-state index is -4.46. The summed E-state index contributed by atoms with van der Waals surface area (Å²) in [6.07, 6.45) is 62.9. The number of phosphoric acid groups is 1. The lowest BCUT2D eigenvalue weighted by molar-refractivity contribution is -0.870. The molecule has 0 aromatic rings. The first kappa shape index (κ1) is 66.2. The Labute approximate surface area is 425 Å². The van der Waals surface area contributed by atoms with Gasteiger partial charge >= 0.3 is 13.8 Å². The van der Waals surface area contributed by atoms with Gasteiger partial charge in [-0.25, -0.2) is 4.57 Å². The van der Waals surface area contributed by atoms with Crippen LogP contribution in [0.15, 0.2) is 85.1 Å². The monoisotopic (exact) mass is 986 g/mol. The molecule has 0 radical (unpaired) electrons. The molecular weight excluding hydrogens is 880 g/mol. The van der Waals surface area contributed by atoms with Gasteiger partial charge in [-0.15, -0.1) is 0 Å². The van der Waals surface area contributed by atoms with Crippen molar-refractivity contribution in [2.75, 3.05) is 40.9 Å². The largest absolute Gasteiger partial charge is 0.472 e. The molecule has 0 rings (SSSR count). The third-order valence-electron chi connectivity index (χ3n) is 11.8. The average molecular weight is 986 g/mol. The molecule has 0 fully saturated rings. The molecule has 0 saturated carbocycles. The Morgan fingerprint density at radius 1 is 0.522 bits per heavy atom. The number of carbonyl (C=O) groups is 2. The summed E-state index contributed by atoms with van der Waals surface area (Å²) in [7, 11) is 1.46. The molecule has 0 aliphatic heterocycles. The molecule has 0 aliphatic rings. The van der Waals surface area contributed by atoms with Crippen LogP contribution in [-0.2, 0) is 27.9 Å². The molecule has 69 heavy (non-hydrogen) atoms. The van der Waals surface area contributed by atoms with E-state index in [1.165, 1.54) is 77.0 Å². The molecule has 1 amide bonds. The van der Waals surface area contributed by atoms with Crippen LogP contribution in [-0.4, -0.2) is 74.3 Å². The van der Waals surface area contributed by atoms with Crippen molar-refractivity contribution in [3.63, 3.8) is 0 Å². The zero-order chi connectivity index (χ0) is 50.8. The fourth-order valence-electron chi connectivity index (χ4n) is 7.49. The van der Waals surface area contributed by atoms with Gasteiger partial charge in [0.05, 0.1) is 33.8 Å². The first-order chi connectivity index (χ1) is 33.4. The predicted octanol–water partition coefficient (Wildman–Crippen LogP) is 16.7. The van der Waals surface area contributed by atoms with Crippen molar-refractivity contribution < 1.29 is 37.3 Å². The second-order valence-electron chi connectivity index (χ2n) is 19.7. The third-order valence-corrected chi connectivity index (χ3v) is 12.8. The molecule has 3 atom stereocenters. The third kappa shape index (κ3) is 49.9. The van der Waals surface area contributed by atoms with Gasteiger partial charge in [0.2, 0.25) is 5.91 Å². The van der Waals surface area contributed by atoms with E-state index in [1.54, 1.807) is 0 Å². The summed E-state index contributed by atoms with van der Waals surface area (Å²) in [5, 5.41) is 3.02. The van der Waals surface area contributed by atoms with Crippen LogP contribution in [0.25, 0.3) is 0 Å². The topological polar surface area (TPSA) is 111 Å². The van der Waals surface area contributed by atoms with E-state index in [2.05, 4.69) is 99.0 Å². The lowest BCUT2D eigenvalue weighted by Crippen LogP contribution is -2.47. The van der Waals surface area contributed by atoms with Crippen LogP contribution >= 0.6 is 7.82 Å². The summed E-state index contributed by atoms with van der Waals surface area (Å²) in [6.45, 7) is 6.82. The van der Waals surface area contributed by atoms with E-state index < -0.39 is 20.0 Å². The van der Waals surface area contributed by atoms with Gasteiger partial charge in [0.15, 0.2) is 0 Å². The molecule has 0 saturated heterocycles. The van der Waals surface area contributed by atoms with Gasteiger partial charge in [0.1, 0.15) is 19.3 Å². The summed E-state index contributed by atoms with van der Waals surface area (Å²) in [4.78, 5) is 37.5. The standard InChI is InChI=1S/C59H105N2O7P/c1-7-10-13-16-19-22-25-28-30-31-32-34-37-40-43-46-49-52-59(63)68-57(50-47-44-41-38-35-27-24-21-18-15-12-9-3)56(55-67-69(64,65)66-54-53-61(4,5)6)60-58(62)51-48-45-42-39-36-33-29-26-23-20-17-14-11-8-2/h11,14,19-20,22-23,28-30,32-34,47,50,56-57H,7-10,12-13,15-18,21,24-27,31,35-46,48-49,51-55H2,1-6H3,(H-,60,62,64,65)/p+1/b14-11+,22-19-,23-20+,30-28-,33-29+,34-32-,50-47+. The van der Waals surface area contributed by atoms with E-state index >= 15 is 0 Å². The van der Waals surface area contributed by atoms with Gasteiger partial charge in [-0.05, 0) is 102 Å². The Bertz CT molecular complexity index is 1460. The minimum Gasteiger partial charge on any atom is -0.456 e. The predicted molar refractivity (Wildman–Crippen MR) is 295 cm³/mol. The van der Waals surface area contributed by atoms with Crippen molar-refractivity contribution >= 4 is 19.7 Å². The van der Waals surface area contributed by atoms with Crippen LogP contribution in [0, 0.1) is 0 Å². The normalized spacial score (nSPS) is 14.5. The highest BCUT2D eigenvalue weighted by atomic mass is 31.2. The number of rotatable bonds is 49. The quantitative estimate of drug-likeness (QED) is 0.0205. The zero-order valence-corrected chi connectivity index (χ0v) is 46.2. The molecular formula is C59H106N2O7P+. The van der Waals surface area contributed by atoms with Gasteiger partial charge in [-0.2, -0.15) is 0 Å². The fraction of sp³-hybridized carbons (Fsp3) is 0.729. The molecule has 10 heteroatoms. The molecule has 0 heterocycles. The molecule has 0 bridgehead atoms. The number of hydrogen-bond donors (Lipinski definition) is 2. The number of hydrogen-bond acceptors (Lipinski definition) is 6. The zero-order valence-electron chi connectivity index (χ0n) is 45.3. The van der Waals surface area contributed by atoms with Gasteiger partial charge in [0, 0.05) is 12.8 Å². The number of likely N-dealkylation sites (N-methyl/N-ethyl adjacent to an activating group) is 1. The summed E-state index contributed by atoms with van der Waals surface area (Å²) in [6, 6.07) is -0.872. The van der Waals surface area contributed by atoms with Crippen molar-refractivity contribution in [2.24, 2.45) is 0 Å². The Balaban J connectivity index is 5.46. The second-order valence-corrected chi connectivity index (χ2v) is 21.2. The minimum absolute atomic E-state index is 0.0280. The number of nitrogens with zero attached hydrogens (tertiary/aromatic N) is 1. The summed E-state index contributed by atoms with van der Waals surface area (Å²) < 4.78 is 30.5. The van der Waals surface area contributed by atoms with Crippen molar-refractivity contribution in [2.45, 2.75) is 238 Å². The number of allylic oxidation sites excluding steroid dienone is 13. The number of quaternary nitrogens is 1. The number of amides is 1. The van der Waals surface area contributed by atoms with Crippen molar-refractivity contribution in [3.05, 3.63) is 85.1 Å². The number of esters is 1. The maximum absolute atomic E-state index is 13.5. The van der Waals surface area contributed by atoms with Crippen LogP contribution in [0.2, 0.25) is 0 Å². The number of unbranched alkanes of at least 4 members (excludes halogenated alkanes) is 21. The maximum Gasteiger partial charge on any atom is 0.472 e. The number of carbonyl (C=O) groups excluding carboxylic acids is 2. The summed E-state index contributed by atoms with van der Waals surface area (Å²) >= 11 is 0. The molecule has 0 aromatic carbocycles. The molecule has 0 spiro atoms. The number of nitrogens with one attached hydrogen (secondary N) is 1. The van der Waals surface area contributed by atoms with Gasteiger partial charge < -0.3 is 19.4 Å². The molecule has 0 aliphatic carbocycles. The van der Waals surface area contributed by atoms with Crippen LogP contribution in [0.3, 0.4) is 0 Å². The van der Waals surface area contributed by atoms with E-state index in [1.807, 2.05) is 33.3 Å². The highest BCUT2D eigenvalue weighted by Crippen LogP contribution is 2.43. The number of ether oxygens (including phenoxy) is 1. The van der Waals surface area contributed by atoms with Crippen LogP contribution in [0.5, 0.6) is 0 Å². The van der Waals surface area contributed by atoms with E-state index in [-0.39, 0.29) is 31.5 Å². The molecule has 9 nitrogen and oxygen atoms in total. The SMILES string of the molecule is CC/C=C/C/C=C/C/C=C/CCCCCCC(=O)NC(COP(=O)(O)OCC[N+](C)(C)C)C(/C=C/CCCCCCCCCCCC)OC(=O)CCCCCC/C=C\C/C=C\C/C=C\CCCCC. The lowest BCUT2D eigenvalue weighted by Gasteiger charge is -2.27. The maximum atomic E-state index is 13.5. The van der Waals surface area contributed by atoms with Gasteiger partial charge in [-0.1, -0.05) is 196 Å². The molecule has 2 N–H and O–H groups in total. The van der Waals surface area contributed by atoms with Crippen LogP contribution in [0.1, 0.15) is 226 Å². The van der Waals surface area contributed by atoms with E-state index in [9.17, 15) is 19.0 Å². The second kappa shape index (κ2) is 48.8. The van der Waals surface area contributed by atoms with Gasteiger partial charge in [0.25, 0.3) is 0 Å². The Hall–Kier alpha value is -2.81. The molecule has 3 unspecified atom stereocenters. The Morgan fingerprint density at radius 3 is 1.42 bits per heavy atom. The highest BCUT2D eigenvalue weighted by molar-refractivity contribution is 7.47. The van der Waals surface area contributed by atoms with E-state index in [0.29, 0.717) is 30.3 Å². The van der Waals surface area contributed by atoms with E-state index in [0.717, 1.165) is 103 Å². The van der Waals surface area contributed by atoms with Crippen molar-refractivity contribution in [3.8, 4) is 0 Å². The first-order valence-electron chi connectivity index (χ1n) is 27.9. The average Bonchev–Trinajstić information content (AvgIpc) is 3.31. The molecule has 398 valence electrons. The fourth-order valence-corrected chi connectivity index (χ4v) is 8.22. The summed E-state index contributed by atoms with van der Waals surface area (Å²) in [5.41, 5.74) is 0. The van der Waals surface area contributed by atoms with Crippen LogP contribution < -0.4 is 5.32 Å². The van der Waals surface area contributed by atoms with Crippen molar-refractivity contribution in [1.82, 2.24) is 5.32 Å². The first-order valence-corrected chi connectivity index (χ1v) is 29.4. The summed E-state index contributed by atoms with van der Waals surface area (Å²) in [5.74, 6) is -0.562. The van der Waals surface area contributed by atoms with Gasteiger partial charge in [-0.3, -0.25) is 18.6 Å². The van der Waals surface area contributed by atoms with Crippen molar-refractivity contribution in [1.29, 1.82) is 0 Å². The molecule has 0 aromatic heterocycles. The highest BCUT2D eigenvalue weighted by Gasteiger charge is 2.30. The lowest BCUT2D eigenvalue weighted by atomic mass is 10.0. The Morgan fingerprint density at radius 2 is 0.928 bits per heavy atom. The Kier molecular flexibility index (Phi) is 46.8. The number of phosphoric ester groups is 1. The van der Waals surface area contributed by atoms with Crippen LogP contribution in [0.4, 0.5) is 0 Å². The van der Waals surface area contributed by atoms with E-state index in [4.69, 9.17) is 13.8 Å². The smallest absolute Gasteiger partial charge is 0.456 e.